The molecule has 3 nitrogen and oxygen atoms in total. The third-order valence-corrected chi connectivity index (χ3v) is 3.43. The molecule has 0 saturated carbocycles. The second kappa shape index (κ2) is 6.48. The molecule has 0 bridgehead atoms. The van der Waals surface area contributed by atoms with Gasteiger partial charge in [-0.2, -0.15) is 0 Å². The molecule has 1 aliphatic rings. The summed E-state index contributed by atoms with van der Waals surface area (Å²) in [5.74, 6) is -0.135. The Hall–Kier alpha value is -1.68. The molecule has 1 aromatic carbocycles. The van der Waals surface area contributed by atoms with Crippen molar-refractivity contribution in [3.8, 4) is 0 Å². The van der Waals surface area contributed by atoms with E-state index in [4.69, 9.17) is 0 Å². The first-order chi connectivity index (χ1) is 9.20. The molecule has 1 heterocycles. The summed E-state index contributed by atoms with van der Waals surface area (Å²) in [6.45, 7) is 1.70. The van der Waals surface area contributed by atoms with Gasteiger partial charge in [0.1, 0.15) is 5.82 Å². The van der Waals surface area contributed by atoms with Gasteiger partial charge in [0, 0.05) is 13.6 Å². The van der Waals surface area contributed by atoms with Crippen molar-refractivity contribution < 1.29 is 9.18 Å². The Morgan fingerprint density at radius 1 is 1.47 bits per heavy atom. The average Bonchev–Trinajstić information content (AvgIpc) is 2.88. The number of amides is 1. The maximum absolute atomic E-state index is 12.8. The van der Waals surface area contributed by atoms with E-state index in [1.54, 1.807) is 19.2 Å². The van der Waals surface area contributed by atoms with Crippen LogP contribution in [0.3, 0.4) is 0 Å². The minimum Gasteiger partial charge on any atom is -0.358 e. The summed E-state index contributed by atoms with van der Waals surface area (Å²) in [6.07, 6.45) is 5.96. The molecular weight excluding hydrogens is 243 g/mol. The van der Waals surface area contributed by atoms with E-state index >= 15 is 0 Å². The van der Waals surface area contributed by atoms with Gasteiger partial charge >= 0.3 is 0 Å². The monoisotopic (exact) mass is 262 g/mol. The summed E-state index contributed by atoms with van der Waals surface area (Å²) in [5.41, 5.74) is 0.970. The molecule has 2 rings (SSSR count). The molecule has 4 heteroatoms. The van der Waals surface area contributed by atoms with Gasteiger partial charge in [-0.3, -0.25) is 9.69 Å². The van der Waals surface area contributed by atoms with Gasteiger partial charge in [0.25, 0.3) is 0 Å². The molecule has 1 aromatic rings. The number of carbonyl (C=O) groups is 1. The number of hydrogen-bond donors (Lipinski definition) is 1. The molecule has 1 N–H and O–H groups in total. The smallest absolute Gasteiger partial charge is 0.237 e. The van der Waals surface area contributed by atoms with Crippen molar-refractivity contribution >= 4 is 12.0 Å². The fraction of sp³-hybridized carbons (Fsp3) is 0.400. The first-order valence-corrected chi connectivity index (χ1v) is 6.58. The molecule has 1 atom stereocenters. The lowest BCUT2D eigenvalue weighted by Gasteiger charge is -2.21. The van der Waals surface area contributed by atoms with Gasteiger partial charge in [-0.25, -0.2) is 4.39 Å². The first kappa shape index (κ1) is 13.7. The van der Waals surface area contributed by atoms with E-state index in [1.807, 2.05) is 12.2 Å². The summed E-state index contributed by atoms with van der Waals surface area (Å²) in [5, 5.41) is 2.70. The molecule has 0 aliphatic carbocycles. The van der Waals surface area contributed by atoms with Crippen molar-refractivity contribution in [2.75, 3.05) is 20.1 Å². The van der Waals surface area contributed by atoms with Crippen LogP contribution in [0, 0.1) is 5.82 Å². The predicted molar refractivity (Wildman–Crippen MR) is 74.1 cm³/mol. The maximum Gasteiger partial charge on any atom is 0.237 e. The number of rotatable bonds is 4. The van der Waals surface area contributed by atoms with Gasteiger partial charge in [-0.15, -0.1) is 0 Å². The number of carbonyl (C=O) groups excluding carboxylic acids is 1. The zero-order chi connectivity index (χ0) is 13.7. The van der Waals surface area contributed by atoms with Gasteiger partial charge in [0.05, 0.1) is 6.04 Å². The summed E-state index contributed by atoms with van der Waals surface area (Å²) in [7, 11) is 1.67. The quantitative estimate of drug-likeness (QED) is 0.900. The van der Waals surface area contributed by atoms with E-state index in [0.717, 1.165) is 31.5 Å². The minimum atomic E-state index is -0.226. The van der Waals surface area contributed by atoms with Gasteiger partial charge in [-0.05, 0) is 37.1 Å². The van der Waals surface area contributed by atoms with Gasteiger partial charge in [0.15, 0.2) is 0 Å². The van der Waals surface area contributed by atoms with Gasteiger partial charge in [0.2, 0.25) is 5.91 Å². The van der Waals surface area contributed by atoms with Crippen LogP contribution in [-0.4, -0.2) is 37.0 Å². The number of nitrogens with one attached hydrogen (secondary N) is 1. The Balaban J connectivity index is 1.90. The largest absolute Gasteiger partial charge is 0.358 e. The number of likely N-dealkylation sites (tertiary alicyclic amines) is 1. The Labute approximate surface area is 113 Å². The molecule has 0 aromatic heterocycles. The maximum atomic E-state index is 12.8. The van der Waals surface area contributed by atoms with Gasteiger partial charge < -0.3 is 5.32 Å². The molecule has 0 radical (unpaired) electrons. The molecule has 0 spiro atoms. The summed E-state index contributed by atoms with van der Waals surface area (Å²) in [4.78, 5) is 13.8. The highest BCUT2D eigenvalue weighted by Gasteiger charge is 2.28. The zero-order valence-electron chi connectivity index (χ0n) is 11.1. The number of hydrogen-bond acceptors (Lipinski definition) is 2. The van der Waals surface area contributed by atoms with Crippen LogP contribution in [0.15, 0.2) is 30.3 Å². The van der Waals surface area contributed by atoms with E-state index in [-0.39, 0.29) is 17.8 Å². The summed E-state index contributed by atoms with van der Waals surface area (Å²) in [6, 6.07) is 6.37. The highest BCUT2D eigenvalue weighted by atomic mass is 19.1. The molecule has 102 valence electrons. The molecule has 1 saturated heterocycles. The van der Waals surface area contributed by atoms with E-state index < -0.39 is 0 Å². The standard InChI is InChI=1S/C15H19FN2O/c1-17-15(19)14-5-3-11-18(14)10-2-4-12-6-8-13(16)9-7-12/h2,4,6-9,14H,3,5,10-11H2,1H3,(H,17,19)/b4-2+/t14-/m1/s1. The molecule has 0 unspecified atom stereocenters. The Morgan fingerprint density at radius 2 is 2.21 bits per heavy atom. The Kier molecular flexibility index (Phi) is 4.68. The summed E-state index contributed by atoms with van der Waals surface area (Å²) < 4.78 is 12.8. The molecule has 1 amide bonds. The number of halogens is 1. The van der Waals surface area contributed by atoms with Crippen molar-refractivity contribution in [2.45, 2.75) is 18.9 Å². The summed E-state index contributed by atoms with van der Waals surface area (Å²) >= 11 is 0. The van der Waals surface area contributed by atoms with Crippen LogP contribution in [0.5, 0.6) is 0 Å². The predicted octanol–water partition coefficient (Wildman–Crippen LogP) is 2.05. The highest BCUT2D eigenvalue weighted by molar-refractivity contribution is 5.81. The van der Waals surface area contributed by atoms with Crippen LogP contribution in [0.25, 0.3) is 6.08 Å². The van der Waals surface area contributed by atoms with E-state index in [2.05, 4.69) is 10.2 Å². The lowest BCUT2D eigenvalue weighted by atomic mass is 10.2. The van der Waals surface area contributed by atoms with E-state index in [9.17, 15) is 9.18 Å². The van der Waals surface area contributed by atoms with Crippen LogP contribution >= 0.6 is 0 Å². The first-order valence-electron chi connectivity index (χ1n) is 6.58. The molecule has 1 aliphatic heterocycles. The molecule has 19 heavy (non-hydrogen) atoms. The third-order valence-electron chi connectivity index (χ3n) is 3.43. The normalized spacial score (nSPS) is 20.0. The number of benzene rings is 1. The minimum absolute atomic E-state index is 0.0112. The average molecular weight is 262 g/mol. The Bertz CT molecular complexity index is 456. The highest BCUT2D eigenvalue weighted by Crippen LogP contribution is 2.17. The van der Waals surface area contributed by atoms with Gasteiger partial charge in [-0.1, -0.05) is 24.3 Å². The van der Waals surface area contributed by atoms with Crippen LogP contribution < -0.4 is 5.32 Å². The lowest BCUT2D eigenvalue weighted by molar-refractivity contribution is -0.124. The fourth-order valence-electron chi connectivity index (χ4n) is 2.41. The number of nitrogens with zero attached hydrogens (tertiary/aromatic N) is 1. The van der Waals surface area contributed by atoms with Crippen molar-refractivity contribution in [2.24, 2.45) is 0 Å². The van der Waals surface area contributed by atoms with Crippen molar-refractivity contribution in [1.29, 1.82) is 0 Å². The van der Waals surface area contributed by atoms with Crippen LogP contribution in [0.2, 0.25) is 0 Å². The zero-order valence-corrected chi connectivity index (χ0v) is 11.1. The van der Waals surface area contributed by atoms with Crippen molar-refractivity contribution in [3.05, 3.63) is 41.7 Å². The SMILES string of the molecule is CNC(=O)[C@H]1CCCN1C/C=C/c1ccc(F)cc1. The Morgan fingerprint density at radius 3 is 2.89 bits per heavy atom. The van der Waals surface area contributed by atoms with E-state index in [1.165, 1.54) is 12.1 Å². The fourth-order valence-corrected chi connectivity index (χ4v) is 2.41. The van der Waals surface area contributed by atoms with E-state index in [0.29, 0.717) is 0 Å². The second-order valence-corrected chi connectivity index (χ2v) is 4.72. The van der Waals surface area contributed by atoms with Crippen molar-refractivity contribution in [3.63, 3.8) is 0 Å². The van der Waals surface area contributed by atoms with Crippen LogP contribution in [0.1, 0.15) is 18.4 Å². The van der Waals surface area contributed by atoms with Crippen LogP contribution in [0.4, 0.5) is 4.39 Å². The third kappa shape index (κ3) is 3.64. The molecular formula is C15H19FN2O. The molecule has 1 fully saturated rings. The second-order valence-electron chi connectivity index (χ2n) is 4.72. The lowest BCUT2D eigenvalue weighted by Crippen LogP contribution is -2.41. The van der Waals surface area contributed by atoms with Crippen LogP contribution in [-0.2, 0) is 4.79 Å². The topological polar surface area (TPSA) is 32.3 Å². The number of likely N-dealkylation sites (N-methyl/N-ethyl adjacent to an activating group) is 1. The van der Waals surface area contributed by atoms with Crippen molar-refractivity contribution in [1.82, 2.24) is 10.2 Å².